The van der Waals surface area contributed by atoms with Crippen molar-refractivity contribution < 1.29 is 9.53 Å². The molecule has 0 bridgehead atoms. The minimum absolute atomic E-state index is 0.470. The van der Waals surface area contributed by atoms with Gasteiger partial charge in [0.15, 0.2) is 0 Å². The summed E-state index contributed by atoms with van der Waals surface area (Å²) >= 11 is 0. The second-order valence-corrected chi connectivity index (χ2v) is 4.65. The molecule has 0 fully saturated rings. The SMILES string of the molecule is CNCc1ncccc1NC(=O)OC(C)(C)C. The van der Waals surface area contributed by atoms with Crippen LogP contribution in [0.25, 0.3) is 0 Å². The molecule has 5 heteroatoms. The van der Waals surface area contributed by atoms with E-state index in [1.165, 1.54) is 0 Å². The average Bonchev–Trinajstić information content (AvgIpc) is 2.18. The van der Waals surface area contributed by atoms with E-state index in [1.54, 1.807) is 18.3 Å². The van der Waals surface area contributed by atoms with Gasteiger partial charge in [-0.3, -0.25) is 10.3 Å². The molecule has 0 radical (unpaired) electrons. The van der Waals surface area contributed by atoms with Crippen LogP contribution in [0.1, 0.15) is 26.5 Å². The summed E-state index contributed by atoms with van der Waals surface area (Å²) in [5.41, 5.74) is 0.937. The summed E-state index contributed by atoms with van der Waals surface area (Å²) in [6.07, 6.45) is 1.22. The Hall–Kier alpha value is -1.62. The lowest BCUT2D eigenvalue weighted by Crippen LogP contribution is -2.27. The molecule has 1 heterocycles. The summed E-state index contributed by atoms with van der Waals surface area (Å²) in [4.78, 5) is 15.8. The van der Waals surface area contributed by atoms with Gasteiger partial charge in [-0.05, 0) is 40.0 Å². The first-order chi connectivity index (χ1) is 7.92. The van der Waals surface area contributed by atoms with Gasteiger partial charge in [0.2, 0.25) is 0 Å². The highest BCUT2D eigenvalue weighted by molar-refractivity contribution is 5.85. The molecule has 1 aromatic rings. The van der Waals surface area contributed by atoms with Crippen molar-refractivity contribution in [2.75, 3.05) is 12.4 Å². The van der Waals surface area contributed by atoms with E-state index in [0.717, 1.165) is 5.69 Å². The van der Waals surface area contributed by atoms with Crippen molar-refractivity contribution >= 4 is 11.8 Å². The number of rotatable bonds is 3. The molecule has 0 saturated carbocycles. The third-order valence-electron chi connectivity index (χ3n) is 1.87. The Morgan fingerprint density at radius 2 is 2.18 bits per heavy atom. The maximum atomic E-state index is 11.6. The maximum absolute atomic E-state index is 11.6. The summed E-state index contributed by atoms with van der Waals surface area (Å²) in [6.45, 7) is 6.06. The van der Waals surface area contributed by atoms with Gasteiger partial charge < -0.3 is 10.1 Å². The quantitative estimate of drug-likeness (QED) is 0.845. The van der Waals surface area contributed by atoms with Crippen LogP contribution in [-0.4, -0.2) is 23.7 Å². The monoisotopic (exact) mass is 237 g/mol. The molecule has 1 aromatic heterocycles. The number of nitrogens with one attached hydrogen (secondary N) is 2. The molecule has 0 aromatic carbocycles. The first-order valence-electron chi connectivity index (χ1n) is 5.51. The molecule has 0 aliphatic carbocycles. The fourth-order valence-corrected chi connectivity index (χ4v) is 1.27. The van der Waals surface area contributed by atoms with Gasteiger partial charge in [-0.15, -0.1) is 0 Å². The number of carbonyl (C=O) groups excluding carboxylic acids is 1. The van der Waals surface area contributed by atoms with Crippen LogP contribution in [0.3, 0.4) is 0 Å². The van der Waals surface area contributed by atoms with Gasteiger partial charge in [0, 0.05) is 12.7 Å². The number of aromatic nitrogens is 1. The molecular formula is C12H19N3O2. The standard InChI is InChI=1S/C12H19N3O2/c1-12(2,3)17-11(16)15-9-6-5-7-14-10(9)8-13-4/h5-7,13H,8H2,1-4H3,(H,15,16). The van der Waals surface area contributed by atoms with Crippen LogP contribution in [-0.2, 0) is 11.3 Å². The van der Waals surface area contributed by atoms with Gasteiger partial charge >= 0.3 is 6.09 Å². The zero-order valence-corrected chi connectivity index (χ0v) is 10.7. The minimum Gasteiger partial charge on any atom is -0.444 e. The number of pyridine rings is 1. The Labute approximate surface area is 102 Å². The van der Waals surface area contributed by atoms with E-state index in [0.29, 0.717) is 12.2 Å². The summed E-state index contributed by atoms with van der Waals surface area (Å²) in [5, 5.41) is 5.68. The molecule has 0 unspecified atom stereocenters. The third-order valence-corrected chi connectivity index (χ3v) is 1.87. The molecule has 2 N–H and O–H groups in total. The number of nitrogens with zero attached hydrogens (tertiary/aromatic N) is 1. The fourth-order valence-electron chi connectivity index (χ4n) is 1.27. The van der Waals surface area contributed by atoms with Crippen LogP contribution >= 0.6 is 0 Å². The van der Waals surface area contributed by atoms with E-state index < -0.39 is 11.7 Å². The first-order valence-corrected chi connectivity index (χ1v) is 5.51. The Morgan fingerprint density at radius 3 is 2.76 bits per heavy atom. The van der Waals surface area contributed by atoms with Gasteiger partial charge in [0.1, 0.15) is 5.60 Å². The van der Waals surface area contributed by atoms with E-state index in [9.17, 15) is 4.79 Å². The third kappa shape index (κ3) is 4.82. The van der Waals surface area contributed by atoms with E-state index >= 15 is 0 Å². The maximum Gasteiger partial charge on any atom is 0.412 e. The normalized spacial score (nSPS) is 11.1. The Morgan fingerprint density at radius 1 is 1.47 bits per heavy atom. The molecule has 0 spiro atoms. The van der Waals surface area contributed by atoms with Gasteiger partial charge in [-0.1, -0.05) is 0 Å². The zero-order valence-electron chi connectivity index (χ0n) is 10.7. The van der Waals surface area contributed by atoms with E-state index in [1.807, 2.05) is 27.8 Å². The van der Waals surface area contributed by atoms with E-state index in [4.69, 9.17) is 4.74 Å². The van der Waals surface area contributed by atoms with Crippen molar-refractivity contribution in [1.82, 2.24) is 10.3 Å². The van der Waals surface area contributed by atoms with Gasteiger partial charge in [0.05, 0.1) is 11.4 Å². The second-order valence-electron chi connectivity index (χ2n) is 4.65. The zero-order chi connectivity index (χ0) is 12.9. The molecule has 17 heavy (non-hydrogen) atoms. The highest BCUT2D eigenvalue weighted by Crippen LogP contribution is 2.14. The highest BCUT2D eigenvalue weighted by atomic mass is 16.6. The Bertz CT molecular complexity index is 386. The minimum atomic E-state index is -0.505. The van der Waals surface area contributed by atoms with E-state index in [-0.39, 0.29) is 0 Å². The van der Waals surface area contributed by atoms with Gasteiger partial charge in [0.25, 0.3) is 0 Å². The van der Waals surface area contributed by atoms with Crippen LogP contribution in [0, 0.1) is 0 Å². The molecule has 5 nitrogen and oxygen atoms in total. The van der Waals surface area contributed by atoms with Gasteiger partial charge in [-0.2, -0.15) is 0 Å². The van der Waals surface area contributed by atoms with Crippen LogP contribution in [0.4, 0.5) is 10.5 Å². The van der Waals surface area contributed by atoms with Crippen molar-refractivity contribution in [2.24, 2.45) is 0 Å². The molecular weight excluding hydrogens is 218 g/mol. The molecule has 94 valence electrons. The smallest absolute Gasteiger partial charge is 0.412 e. The Kier molecular flexibility index (Phi) is 4.45. The van der Waals surface area contributed by atoms with Gasteiger partial charge in [-0.25, -0.2) is 4.79 Å². The predicted octanol–water partition coefficient (Wildman–Crippen LogP) is 2.15. The van der Waals surface area contributed by atoms with E-state index in [2.05, 4.69) is 15.6 Å². The lowest BCUT2D eigenvalue weighted by molar-refractivity contribution is 0.0635. The van der Waals surface area contributed by atoms with Crippen molar-refractivity contribution in [3.05, 3.63) is 24.0 Å². The topological polar surface area (TPSA) is 63.2 Å². The number of anilines is 1. The van der Waals surface area contributed by atoms with Crippen molar-refractivity contribution in [3.8, 4) is 0 Å². The predicted molar refractivity (Wildman–Crippen MR) is 66.9 cm³/mol. The number of carbonyl (C=O) groups is 1. The van der Waals surface area contributed by atoms with Crippen molar-refractivity contribution in [1.29, 1.82) is 0 Å². The van der Waals surface area contributed by atoms with Crippen LogP contribution in [0.15, 0.2) is 18.3 Å². The number of hydrogen-bond acceptors (Lipinski definition) is 4. The lowest BCUT2D eigenvalue weighted by atomic mass is 10.2. The molecule has 0 saturated heterocycles. The second kappa shape index (κ2) is 5.63. The van der Waals surface area contributed by atoms with Crippen LogP contribution in [0.2, 0.25) is 0 Å². The molecule has 0 aliphatic rings. The molecule has 0 atom stereocenters. The number of ether oxygens (including phenoxy) is 1. The largest absolute Gasteiger partial charge is 0.444 e. The summed E-state index contributed by atoms with van der Waals surface area (Å²) in [6, 6.07) is 3.56. The average molecular weight is 237 g/mol. The number of hydrogen-bond donors (Lipinski definition) is 2. The molecule has 1 amide bonds. The first kappa shape index (κ1) is 13.4. The van der Waals surface area contributed by atoms with Crippen LogP contribution in [0.5, 0.6) is 0 Å². The lowest BCUT2D eigenvalue weighted by Gasteiger charge is -2.20. The Balaban J connectivity index is 2.71. The summed E-state index contributed by atoms with van der Waals surface area (Å²) in [7, 11) is 1.83. The highest BCUT2D eigenvalue weighted by Gasteiger charge is 2.17. The summed E-state index contributed by atoms with van der Waals surface area (Å²) < 4.78 is 5.18. The summed E-state index contributed by atoms with van der Waals surface area (Å²) in [5.74, 6) is 0. The van der Waals surface area contributed by atoms with Crippen molar-refractivity contribution in [3.63, 3.8) is 0 Å². The fraction of sp³-hybridized carbons (Fsp3) is 0.500. The van der Waals surface area contributed by atoms with Crippen LogP contribution < -0.4 is 10.6 Å². The molecule has 1 rings (SSSR count). The molecule has 0 aliphatic heterocycles. The number of amides is 1. The van der Waals surface area contributed by atoms with Crippen molar-refractivity contribution in [2.45, 2.75) is 32.9 Å².